The molecule has 1 heterocycles. The Morgan fingerprint density at radius 3 is 2.83 bits per heavy atom. The fourth-order valence-corrected chi connectivity index (χ4v) is 1.44. The average Bonchev–Trinajstić information content (AvgIpc) is 2.33. The van der Waals surface area contributed by atoms with Crippen LogP contribution in [0.3, 0.4) is 0 Å². The Morgan fingerprint density at radius 2 is 2.17 bits per heavy atom. The van der Waals surface area contributed by atoms with Crippen LogP contribution in [-0.2, 0) is 4.74 Å². The van der Waals surface area contributed by atoms with Crippen molar-refractivity contribution in [3.8, 4) is 6.07 Å². The van der Waals surface area contributed by atoms with Gasteiger partial charge in [0, 0.05) is 18.8 Å². The number of ether oxygens (including phenoxy) is 1. The maximum Gasteiger partial charge on any atom is 0.144 e. The molecule has 0 aliphatic carbocycles. The molecule has 1 N–H and O–H groups in total. The maximum absolute atomic E-state index is 8.95. The number of aromatic nitrogens is 1. The number of hydrogen-bond acceptors (Lipinski definition) is 4. The van der Waals surface area contributed by atoms with Crippen molar-refractivity contribution in [2.45, 2.75) is 27.2 Å². The van der Waals surface area contributed by atoms with Gasteiger partial charge in [-0.3, -0.25) is 0 Å². The van der Waals surface area contributed by atoms with Gasteiger partial charge in [0.15, 0.2) is 0 Å². The number of nitriles is 1. The second kappa shape index (κ2) is 7.67. The third-order valence-electron chi connectivity index (χ3n) is 2.53. The topological polar surface area (TPSA) is 57.9 Å². The molecule has 0 aromatic carbocycles. The molecule has 1 aromatic rings. The molecule has 0 amide bonds. The van der Waals surface area contributed by atoms with Crippen LogP contribution < -0.4 is 5.32 Å². The molecular weight excluding hydrogens is 226 g/mol. The predicted octanol–water partition coefficient (Wildman–Crippen LogP) is 2.74. The molecule has 98 valence electrons. The summed E-state index contributed by atoms with van der Waals surface area (Å²) in [6, 6.07) is 5.74. The summed E-state index contributed by atoms with van der Waals surface area (Å²) in [5.74, 6) is 1.31. The highest BCUT2D eigenvalue weighted by Crippen LogP contribution is 2.11. The highest BCUT2D eigenvalue weighted by Gasteiger charge is 2.02. The van der Waals surface area contributed by atoms with Crippen LogP contribution in [0, 0.1) is 24.2 Å². The summed E-state index contributed by atoms with van der Waals surface area (Å²) in [5, 5.41) is 12.1. The third kappa shape index (κ3) is 5.15. The maximum atomic E-state index is 8.95. The summed E-state index contributed by atoms with van der Waals surface area (Å²) in [7, 11) is 0. The molecule has 0 atom stereocenters. The van der Waals surface area contributed by atoms with Gasteiger partial charge >= 0.3 is 0 Å². The van der Waals surface area contributed by atoms with E-state index in [2.05, 4.69) is 30.2 Å². The summed E-state index contributed by atoms with van der Waals surface area (Å²) < 4.78 is 5.50. The van der Waals surface area contributed by atoms with Gasteiger partial charge in [0.25, 0.3) is 0 Å². The first kappa shape index (κ1) is 14.5. The Bertz CT molecular complexity index is 410. The van der Waals surface area contributed by atoms with E-state index in [0.717, 1.165) is 18.7 Å². The van der Waals surface area contributed by atoms with Crippen molar-refractivity contribution in [3.05, 3.63) is 23.4 Å². The summed E-state index contributed by atoms with van der Waals surface area (Å²) in [6.45, 7) is 8.35. The molecule has 0 spiro atoms. The zero-order valence-electron chi connectivity index (χ0n) is 11.4. The molecule has 18 heavy (non-hydrogen) atoms. The van der Waals surface area contributed by atoms with E-state index in [9.17, 15) is 0 Å². The van der Waals surface area contributed by atoms with Crippen LogP contribution in [0.25, 0.3) is 0 Å². The zero-order valence-corrected chi connectivity index (χ0v) is 11.4. The fraction of sp³-hybridized carbons (Fsp3) is 0.571. The molecule has 1 aromatic heterocycles. The first-order valence-electron chi connectivity index (χ1n) is 6.33. The number of pyridine rings is 1. The largest absolute Gasteiger partial charge is 0.380 e. The second-order valence-electron chi connectivity index (χ2n) is 4.68. The van der Waals surface area contributed by atoms with Crippen LogP contribution in [-0.4, -0.2) is 24.7 Å². The van der Waals surface area contributed by atoms with Crippen LogP contribution in [0.5, 0.6) is 0 Å². The van der Waals surface area contributed by atoms with Crippen molar-refractivity contribution >= 4 is 5.82 Å². The van der Waals surface area contributed by atoms with Gasteiger partial charge in [0.05, 0.1) is 12.2 Å². The Morgan fingerprint density at radius 1 is 1.39 bits per heavy atom. The number of rotatable bonds is 7. The zero-order chi connectivity index (χ0) is 13.4. The Hall–Kier alpha value is -1.60. The highest BCUT2D eigenvalue weighted by atomic mass is 16.5. The van der Waals surface area contributed by atoms with Gasteiger partial charge in [0.1, 0.15) is 11.9 Å². The summed E-state index contributed by atoms with van der Waals surface area (Å²) in [5.41, 5.74) is 1.47. The van der Waals surface area contributed by atoms with Crippen molar-refractivity contribution in [1.29, 1.82) is 5.26 Å². The van der Waals surface area contributed by atoms with Crippen molar-refractivity contribution in [1.82, 2.24) is 4.98 Å². The molecule has 0 radical (unpaired) electrons. The van der Waals surface area contributed by atoms with E-state index in [-0.39, 0.29) is 0 Å². The van der Waals surface area contributed by atoms with Crippen molar-refractivity contribution < 1.29 is 4.74 Å². The number of nitrogens with one attached hydrogen (secondary N) is 1. The fourth-order valence-electron chi connectivity index (χ4n) is 1.44. The minimum absolute atomic E-state index is 0.572. The molecule has 0 unspecified atom stereocenters. The van der Waals surface area contributed by atoms with Crippen LogP contribution in [0.2, 0.25) is 0 Å². The van der Waals surface area contributed by atoms with E-state index in [4.69, 9.17) is 10.00 Å². The van der Waals surface area contributed by atoms with Gasteiger partial charge < -0.3 is 10.1 Å². The van der Waals surface area contributed by atoms with E-state index in [0.29, 0.717) is 30.5 Å². The van der Waals surface area contributed by atoms with Crippen LogP contribution in [0.15, 0.2) is 12.1 Å². The van der Waals surface area contributed by atoms with Crippen LogP contribution in [0.1, 0.15) is 31.5 Å². The quantitative estimate of drug-likeness (QED) is 0.753. The van der Waals surface area contributed by atoms with E-state index in [1.54, 1.807) is 6.07 Å². The molecule has 0 aliphatic heterocycles. The SMILES string of the molecule is Cc1ccc(C#N)c(NCCOCCC(C)C)n1. The third-order valence-corrected chi connectivity index (χ3v) is 2.53. The lowest BCUT2D eigenvalue weighted by Crippen LogP contribution is -2.12. The van der Waals surface area contributed by atoms with Gasteiger partial charge in [-0.2, -0.15) is 5.26 Å². The first-order chi connectivity index (χ1) is 8.63. The van der Waals surface area contributed by atoms with Gasteiger partial charge in [-0.15, -0.1) is 0 Å². The number of aryl methyl sites for hydroxylation is 1. The summed E-state index contributed by atoms with van der Waals surface area (Å²) in [6.07, 6.45) is 1.08. The molecule has 0 saturated carbocycles. The lowest BCUT2D eigenvalue weighted by atomic mass is 10.1. The van der Waals surface area contributed by atoms with Crippen molar-refractivity contribution in [2.24, 2.45) is 5.92 Å². The van der Waals surface area contributed by atoms with E-state index < -0.39 is 0 Å². The standard InChI is InChI=1S/C14H21N3O/c1-11(2)6-8-18-9-7-16-14-13(10-15)5-4-12(3)17-14/h4-5,11H,6-9H2,1-3H3,(H,16,17). The first-order valence-corrected chi connectivity index (χ1v) is 6.33. The van der Waals surface area contributed by atoms with E-state index in [1.807, 2.05) is 13.0 Å². The van der Waals surface area contributed by atoms with Crippen molar-refractivity contribution in [2.75, 3.05) is 25.1 Å². The van der Waals surface area contributed by atoms with Gasteiger partial charge in [-0.25, -0.2) is 4.98 Å². The highest BCUT2D eigenvalue weighted by molar-refractivity contribution is 5.52. The van der Waals surface area contributed by atoms with Gasteiger partial charge in [-0.05, 0) is 31.4 Å². The van der Waals surface area contributed by atoms with Crippen LogP contribution in [0.4, 0.5) is 5.82 Å². The molecule has 4 nitrogen and oxygen atoms in total. The monoisotopic (exact) mass is 247 g/mol. The number of hydrogen-bond donors (Lipinski definition) is 1. The second-order valence-corrected chi connectivity index (χ2v) is 4.68. The Kier molecular flexibility index (Phi) is 6.16. The minimum Gasteiger partial charge on any atom is -0.380 e. The van der Waals surface area contributed by atoms with E-state index in [1.165, 1.54) is 0 Å². The average molecular weight is 247 g/mol. The van der Waals surface area contributed by atoms with Crippen LogP contribution >= 0.6 is 0 Å². The van der Waals surface area contributed by atoms with Crippen molar-refractivity contribution in [3.63, 3.8) is 0 Å². The Labute approximate surface area is 109 Å². The molecular formula is C14H21N3O. The Balaban J connectivity index is 2.31. The molecule has 0 saturated heterocycles. The predicted molar refractivity (Wildman–Crippen MR) is 72.5 cm³/mol. The summed E-state index contributed by atoms with van der Waals surface area (Å²) >= 11 is 0. The number of nitrogens with zero attached hydrogens (tertiary/aromatic N) is 2. The lowest BCUT2D eigenvalue weighted by molar-refractivity contribution is 0.132. The minimum atomic E-state index is 0.572. The molecule has 0 bridgehead atoms. The number of anilines is 1. The normalized spacial score (nSPS) is 10.4. The molecule has 1 rings (SSSR count). The summed E-state index contributed by atoms with van der Waals surface area (Å²) in [4.78, 5) is 4.30. The van der Waals surface area contributed by atoms with Gasteiger partial charge in [-0.1, -0.05) is 13.8 Å². The molecule has 4 heteroatoms. The van der Waals surface area contributed by atoms with E-state index >= 15 is 0 Å². The smallest absolute Gasteiger partial charge is 0.144 e. The molecule has 0 aliphatic rings. The molecule has 0 fully saturated rings. The van der Waals surface area contributed by atoms with Gasteiger partial charge in [0.2, 0.25) is 0 Å². The lowest BCUT2D eigenvalue weighted by Gasteiger charge is -2.09.